The van der Waals surface area contributed by atoms with Gasteiger partial charge in [0, 0.05) is 22.0 Å². The lowest BCUT2D eigenvalue weighted by Gasteiger charge is -2.30. The average Bonchev–Trinajstić information content (AvgIpc) is 3.54. The van der Waals surface area contributed by atoms with Crippen molar-refractivity contribution in [2.45, 2.75) is 32.7 Å². The summed E-state index contributed by atoms with van der Waals surface area (Å²) in [7, 11) is 0. The topological polar surface area (TPSA) is 50.1 Å². The summed E-state index contributed by atoms with van der Waals surface area (Å²) in [6.07, 6.45) is 3.70. The molecule has 210 valence electrons. The maximum Gasteiger partial charge on any atom is 0.271 e. The number of hydrogen-bond donors (Lipinski definition) is 1. The van der Waals surface area contributed by atoms with E-state index in [1.165, 1.54) is 34.6 Å². The number of fused-ring (bicyclic) bond motifs is 4. The molecule has 0 spiro atoms. The molecule has 6 aromatic rings. The molecule has 4 nitrogen and oxygen atoms in total. The number of rotatable bonds is 3. The van der Waals surface area contributed by atoms with Crippen LogP contribution in [0.1, 0.15) is 45.8 Å². The Morgan fingerprint density at radius 3 is 2.53 bits per heavy atom. The fourth-order valence-corrected chi connectivity index (χ4v) is 7.74. The van der Waals surface area contributed by atoms with Gasteiger partial charge in [0.25, 0.3) is 5.56 Å². The molecule has 2 aliphatic rings. The number of allylic oxidation sites excluding steroid dienone is 1. The summed E-state index contributed by atoms with van der Waals surface area (Å²) in [5, 5.41) is 1.09. The predicted molar refractivity (Wildman–Crippen MR) is 172 cm³/mol. The first-order valence-electron chi connectivity index (χ1n) is 14.5. The van der Waals surface area contributed by atoms with E-state index in [4.69, 9.17) is 4.99 Å². The Bertz CT molecular complexity index is 2290. The normalized spacial score (nSPS) is 16.2. The van der Waals surface area contributed by atoms with Crippen molar-refractivity contribution in [3.8, 4) is 11.3 Å². The molecule has 1 N–H and O–H groups in total. The van der Waals surface area contributed by atoms with Crippen molar-refractivity contribution in [1.29, 1.82) is 0 Å². The molecule has 0 unspecified atom stereocenters. The molecule has 0 radical (unpaired) electrons. The largest absolute Gasteiger partial charge is 0.354 e. The highest BCUT2D eigenvalue weighted by molar-refractivity contribution is 7.07. The van der Waals surface area contributed by atoms with Gasteiger partial charge in [0.15, 0.2) is 4.80 Å². The summed E-state index contributed by atoms with van der Waals surface area (Å²) >= 11 is 1.42. The maximum absolute atomic E-state index is 14.4. The molecule has 0 saturated heterocycles. The van der Waals surface area contributed by atoms with Gasteiger partial charge in [-0.25, -0.2) is 9.38 Å². The van der Waals surface area contributed by atoms with Gasteiger partial charge in [-0.2, -0.15) is 0 Å². The zero-order chi connectivity index (χ0) is 29.2. The summed E-state index contributed by atoms with van der Waals surface area (Å²) < 4.78 is 16.5. The fourth-order valence-electron chi connectivity index (χ4n) is 6.75. The Kier molecular flexibility index (Phi) is 5.95. The summed E-state index contributed by atoms with van der Waals surface area (Å²) in [6.45, 7) is 4.22. The molecular formula is C37H28FN3OS. The summed E-state index contributed by atoms with van der Waals surface area (Å²) in [5.74, 6) is -0.294. The van der Waals surface area contributed by atoms with Crippen LogP contribution in [0.3, 0.4) is 0 Å². The van der Waals surface area contributed by atoms with Gasteiger partial charge in [-0.3, -0.25) is 9.36 Å². The molecular weight excluding hydrogens is 553 g/mol. The molecule has 4 aromatic carbocycles. The average molecular weight is 582 g/mol. The van der Waals surface area contributed by atoms with E-state index < -0.39 is 0 Å². The van der Waals surface area contributed by atoms with Crippen LogP contribution in [0.5, 0.6) is 0 Å². The lowest BCUT2D eigenvalue weighted by molar-refractivity contribution is 0.581. The molecule has 0 fully saturated rings. The van der Waals surface area contributed by atoms with E-state index in [-0.39, 0.29) is 17.4 Å². The van der Waals surface area contributed by atoms with Gasteiger partial charge in [0.2, 0.25) is 0 Å². The number of aromatic amines is 1. The van der Waals surface area contributed by atoms with E-state index in [0.717, 1.165) is 68.5 Å². The molecule has 1 aliphatic heterocycles. The lowest BCUT2D eigenvalue weighted by Crippen LogP contribution is -2.38. The fraction of sp³-hybridized carbons (Fsp3) is 0.135. The van der Waals surface area contributed by atoms with Crippen LogP contribution in [0.2, 0.25) is 0 Å². The van der Waals surface area contributed by atoms with E-state index >= 15 is 0 Å². The smallest absolute Gasteiger partial charge is 0.271 e. The number of aryl methyl sites for hydroxylation is 3. The monoisotopic (exact) mass is 581 g/mol. The van der Waals surface area contributed by atoms with Crippen LogP contribution >= 0.6 is 11.3 Å². The minimum absolute atomic E-state index is 0.0822. The number of aromatic nitrogens is 2. The second-order valence-electron chi connectivity index (χ2n) is 11.4. The number of hydrogen-bond acceptors (Lipinski definition) is 3. The number of nitrogens with zero attached hydrogens (tertiary/aromatic N) is 2. The Labute approximate surface area is 251 Å². The molecule has 43 heavy (non-hydrogen) atoms. The predicted octanol–water partition coefficient (Wildman–Crippen LogP) is 7.22. The van der Waals surface area contributed by atoms with E-state index in [0.29, 0.717) is 9.33 Å². The van der Waals surface area contributed by atoms with Crippen molar-refractivity contribution in [2.75, 3.05) is 0 Å². The highest BCUT2D eigenvalue weighted by Gasteiger charge is 2.32. The molecule has 1 aliphatic carbocycles. The minimum atomic E-state index is -0.344. The Morgan fingerprint density at radius 2 is 1.72 bits per heavy atom. The van der Waals surface area contributed by atoms with Crippen molar-refractivity contribution in [3.05, 3.63) is 155 Å². The van der Waals surface area contributed by atoms with Gasteiger partial charge in [-0.15, -0.1) is 0 Å². The van der Waals surface area contributed by atoms with Crippen LogP contribution in [0.15, 0.2) is 106 Å². The number of nitrogens with one attached hydrogen (secondary N) is 1. The highest BCUT2D eigenvalue weighted by Crippen LogP contribution is 2.41. The summed E-state index contributed by atoms with van der Waals surface area (Å²) in [4.78, 5) is 23.9. The van der Waals surface area contributed by atoms with Gasteiger partial charge in [0.1, 0.15) is 5.82 Å². The third-order valence-corrected chi connectivity index (χ3v) is 9.67. The third-order valence-electron chi connectivity index (χ3n) is 8.69. The number of halogens is 1. The van der Waals surface area contributed by atoms with Crippen LogP contribution in [0.25, 0.3) is 33.9 Å². The van der Waals surface area contributed by atoms with Crippen molar-refractivity contribution in [1.82, 2.24) is 9.55 Å². The molecule has 3 heterocycles. The van der Waals surface area contributed by atoms with Crippen LogP contribution < -0.4 is 14.9 Å². The van der Waals surface area contributed by atoms with Crippen molar-refractivity contribution in [2.24, 2.45) is 4.99 Å². The first-order chi connectivity index (χ1) is 21.0. The maximum atomic E-state index is 14.4. The van der Waals surface area contributed by atoms with Gasteiger partial charge >= 0.3 is 0 Å². The summed E-state index contributed by atoms with van der Waals surface area (Å²) in [6, 6.07) is 29.2. The van der Waals surface area contributed by atoms with Crippen LogP contribution in [-0.2, 0) is 6.42 Å². The van der Waals surface area contributed by atoms with Crippen molar-refractivity contribution < 1.29 is 4.39 Å². The number of benzene rings is 4. The van der Waals surface area contributed by atoms with Gasteiger partial charge in [-0.1, -0.05) is 89.7 Å². The van der Waals surface area contributed by atoms with Gasteiger partial charge in [0.05, 0.1) is 22.0 Å². The lowest BCUT2D eigenvalue weighted by atomic mass is 9.83. The van der Waals surface area contributed by atoms with Crippen molar-refractivity contribution in [3.63, 3.8) is 0 Å². The SMILES string of the molecule is Cc1cc(C)c2[nH]c(-c3ccccc3)c(/C=c3/sc4n(c3=O)[C@H](c3ccc(F)cc3)C3=C(N=4)c4ccccc4CC3)c2c1. The van der Waals surface area contributed by atoms with Crippen LogP contribution in [-0.4, -0.2) is 9.55 Å². The standard InChI is InChI=1S/C37H28FN3OS/c1-21-18-22(2)32-29(19-21)30(33(39-32)24-9-4-3-5-10-24)20-31-36(42)41-35(25-12-15-26(38)16-13-25)28-17-14-23-8-6-7-11-27(23)34(28)40-37(41)43-31/h3-13,15-16,18-20,35,39H,14,17H2,1-2H3/b31-20+/t35-/m1/s1. The molecule has 0 bridgehead atoms. The van der Waals surface area contributed by atoms with E-state index in [1.54, 1.807) is 12.1 Å². The molecule has 0 amide bonds. The Balaban J connectivity index is 1.41. The highest BCUT2D eigenvalue weighted by atomic mass is 32.1. The zero-order valence-corrected chi connectivity index (χ0v) is 24.6. The van der Waals surface area contributed by atoms with E-state index in [1.807, 2.05) is 34.9 Å². The second-order valence-corrected chi connectivity index (χ2v) is 12.5. The first kappa shape index (κ1) is 25.9. The zero-order valence-electron chi connectivity index (χ0n) is 23.8. The molecule has 2 aromatic heterocycles. The van der Waals surface area contributed by atoms with E-state index in [2.05, 4.69) is 61.3 Å². The molecule has 1 atom stereocenters. The molecule has 8 rings (SSSR count). The molecule has 0 saturated carbocycles. The van der Waals surface area contributed by atoms with Crippen molar-refractivity contribution >= 4 is 34.0 Å². The Morgan fingerprint density at radius 1 is 0.953 bits per heavy atom. The van der Waals surface area contributed by atoms with Crippen LogP contribution in [0.4, 0.5) is 4.39 Å². The third kappa shape index (κ3) is 4.16. The number of H-pyrrole nitrogens is 1. The minimum Gasteiger partial charge on any atom is -0.354 e. The number of thiazole rings is 1. The van der Waals surface area contributed by atoms with Gasteiger partial charge < -0.3 is 4.98 Å². The quantitative estimate of drug-likeness (QED) is 0.236. The van der Waals surface area contributed by atoms with Crippen LogP contribution in [0, 0.1) is 19.7 Å². The molecule has 6 heteroatoms. The second kappa shape index (κ2) is 9.89. The van der Waals surface area contributed by atoms with Gasteiger partial charge in [-0.05, 0) is 78.8 Å². The van der Waals surface area contributed by atoms with E-state index in [9.17, 15) is 9.18 Å². The Hall–Kier alpha value is -4.81. The first-order valence-corrected chi connectivity index (χ1v) is 15.3. The summed E-state index contributed by atoms with van der Waals surface area (Å²) in [5.41, 5.74) is 11.7.